The summed E-state index contributed by atoms with van der Waals surface area (Å²) in [4.78, 5) is 0. The fourth-order valence-corrected chi connectivity index (χ4v) is 1.79. The van der Waals surface area contributed by atoms with Gasteiger partial charge in [-0.25, -0.2) is 4.39 Å². The molecule has 4 heteroatoms. The molecule has 0 atom stereocenters. The van der Waals surface area contributed by atoms with E-state index in [1.807, 2.05) is 22.9 Å². The monoisotopic (exact) mass is 239 g/mol. The number of rotatable bonds is 3. The maximum absolute atomic E-state index is 13.2. The summed E-state index contributed by atoms with van der Waals surface area (Å²) in [6.07, 6.45) is 1.83. The number of hydrogen-bond donors (Lipinski definition) is 1. The molecule has 0 unspecified atom stereocenters. The van der Waals surface area contributed by atoms with Gasteiger partial charge in [-0.3, -0.25) is 0 Å². The smallest absolute Gasteiger partial charge is 0.142 e. The van der Waals surface area contributed by atoms with Crippen LogP contribution in [0.1, 0.15) is 11.3 Å². The van der Waals surface area contributed by atoms with Gasteiger partial charge in [-0.1, -0.05) is 23.7 Å². The van der Waals surface area contributed by atoms with E-state index >= 15 is 0 Å². The largest absolute Gasteiger partial charge is 0.390 e. The SMILES string of the molecule is OCc1cccn1Cc1cccc(F)c1Cl. The summed E-state index contributed by atoms with van der Waals surface area (Å²) in [6, 6.07) is 8.37. The lowest BCUT2D eigenvalue weighted by atomic mass is 10.2. The van der Waals surface area contributed by atoms with E-state index in [9.17, 15) is 4.39 Å². The zero-order chi connectivity index (χ0) is 11.5. The average molecular weight is 240 g/mol. The summed E-state index contributed by atoms with van der Waals surface area (Å²) in [7, 11) is 0. The van der Waals surface area contributed by atoms with Crippen molar-refractivity contribution < 1.29 is 9.50 Å². The van der Waals surface area contributed by atoms with Crippen LogP contribution in [-0.2, 0) is 13.2 Å². The van der Waals surface area contributed by atoms with Gasteiger partial charge >= 0.3 is 0 Å². The highest BCUT2D eigenvalue weighted by atomic mass is 35.5. The Kier molecular flexibility index (Phi) is 3.27. The van der Waals surface area contributed by atoms with Gasteiger partial charge in [0.2, 0.25) is 0 Å². The molecule has 0 aliphatic rings. The van der Waals surface area contributed by atoms with Gasteiger partial charge in [0.25, 0.3) is 0 Å². The highest BCUT2D eigenvalue weighted by Crippen LogP contribution is 2.21. The normalized spacial score (nSPS) is 10.7. The molecule has 0 spiro atoms. The van der Waals surface area contributed by atoms with Crippen LogP contribution >= 0.6 is 11.6 Å². The van der Waals surface area contributed by atoms with Gasteiger partial charge in [0.15, 0.2) is 0 Å². The second-order valence-electron chi connectivity index (χ2n) is 3.50. The van der Waals surface area contributed by atoms with Crippen molar-refractivity contribution in [3.8, 4) is 0 Å². The van der Waals surface area contributed by atoms with E-state index < -0.39 is 5.82 Å². The Labute approximate surface area is 97.9 Å². The van der Waals surface area contributed by atoms with Crippen LogP contribution in [0.4, 0.5) is 4.39 Å². The molecule has 1 aromatic carbocycles. The van der Waals surface area contributed by atoms with Crippen molar-refractivity contribution in [3.63, 3.8) is 0 Å². The lowest BCUT2D eigenvalue weighted by Gasteiger charge is -2.09. The molecule has 0 amide bonds. The highest BCUT2D eigenvalue weighted by molar-refractivity contribution is 6.31. The number of halogens is 2. The Balaban J connectivity index is 2.30. The fraction of sp³-hybridized carbons (Fsp3) is 0.167. The van der Waals surface area contributed by atoms with Gasteiger partial charge in [0.05, 0.1) is 11.6 Å². The summed E-state index contributed by atoms with van der Waals surface area (Å²) in [5, 5.41) is 9.22. The molecule has 0 aliphatic heterocycles. The molecule has 0 bridgehead atoms. The molecule has 2 aromatic rings. The Morgan fingerprint density at radius 2 is 2.06 bits per heavy atom. The molecule has 16 heavy (non-hydrogen) atoms. The first kappa shape index (κ1) is 11.2. The predicted molar refractivity (Wildman–Crippen MR) is 60.9 cm³/mol. The third kappa shape index (κ3) is 2.10. The third-order valence-electron chi connectivity index (χ3n) is 2.46. The molecular weight excluding hydrogens is 229 g/mol. The summed E-state index contributed by atoms with van der Waals surface area (Å²) in [6.45, 7) is 0.416. The van der Waals surface area contributed by atoms with Gasteiger partial charge in [-0.05, 0) is 23.8 Å². The third-order valence-corrected chi connectivity index (χ3v) is 2.88. The minimum atomic E-state index is -0.420. The van der Waals surface area contributed by atoms with Crippen molar-refractivity contribution in [2.45, 2.75) is 13.2 Å². The van der Waals surface area contributed by atoms with Crippen LogP contribution in [0.3, 0.4) is 0 Å². The molecular formula is C12H11ClFNO. The van der Waals surface area contributed by atoms with Crippen LogP contribution in [0, 0.1) is 5.82 Å². The molecule has 1 N–H and O–H groups in total. The molecule has 0 saturated heterocycles. The second kappa shape index (κ2) is 4.68. The lowest BCUT2D eigenvalue weighted by molar-refractivity contribution is 0.271. The number of benzene rings is 1. The number of aromatic nitrogens is 1. The van der Waals surface area contributed by atoms with Gasteiger partial charge in [-0.2, -0.15) is 0 Å². The van der Waals surface area contributed by atoms with Crippen LogP contribution in [-0.4, -0.2) is 9.67 Å². The molecule has 0 aliphatic carbocycles. The topological polar surface area (TPSA) is 25.2 Å². The zero-order valence-electron chi connectivity index (χ0n) is 8.53. The van der Waals surface area contributed by atoms with Crippen LogP contribution in [0.5, 0.6) is 0 Å². The highest BCUT2D eigenvalue weighted by Gasteiger charge is 2.07. The average Bonchev–Trinajstić information content (AvgIpc) is 2.72. The Hall–Kier alpha value is -1.32. The molecule has 2 nitrogen and oxygen atoms in total. The molecule has 1 aromatic heterocycles. The van der Waals surface area contributed by atoms with Gasteiger partial charge in [0.1, 0.15) is 5.82 Å². The Morgan fingerprint density at radius 3 is 2.81 bits per heavy atom. The van der Waals surface area contributed by atoms with Crippen LogP contribution < -0.4 is 0 Å². The summed E-state index contributed by atoms with van der Waals surface area (Å²) < 4.78 is 15.0. The van der Waals surface area contributed by atoms with E-state index in [4.69, 9.17) is 16.7 Å². The first-order valence-electron chi connectivity index (χ1n) is 4.90. The summed E-state index contributed by atoms with van der Waals surface area (Å²) in [5.74, 6) is -0.420. The molecule has 2 rings (SSSR count). The molecule has 0 fully saturated rings. The quantitative estimate of drug-likeness (QED) is 0.876. The van der Waals surface area contributed by atoms with Crippen LogP contribution in [0.15, 0.2) is 36.5 Å². The van der Waals surface area contributed by atoms with Crippen molar-refractivity contribution in [1.29, 1.82) is 0 Å². The van der Waals surface area contributed by atoms with Gasteiger partial charge in [-0.15, -0.1) is 0 Å². The van der Waals surface area contributed by atoms with Crippen LogP contribution in [0.25, 0.3) is 0 Å². The number of aliphatic hydroxyl groups excluding tert-OH is 1. The fourth-order valence-electron chi connectivity index (χ4n) is 1.60. The Bertz CT molecular complexity index is 496. The lowest BCUT2D eigenvalue weighted by Crippen LogP contribution is -2.04. The van der Waals surface area contributed by atoms with Gasteiger partial charge < -0.3 is 9.67 Å². The van der Waals surface area contributed by atoms with Crippen molar-refractivity contribution in [1.82, 2.24) is 4.57 Å². The van der Waals surface area contributed by atoms with Gasteiger partial charge in [0, 0.05) is 18.4 Å². The minimum absolute atomic E-state index is 0.0417. The molecule has 0 saturated carbocycles. The van der Waals surface area contributed by atoms with E-state index in [-0.39, 0.29) is 11.6 Å². The second-order valence-corrected chi connectivity index (χ2v) is 3.88. The number of aliphatic hydroxyl groups is 1. The van der Waals surface area contributed by atoms with Crippen molar-refractivity contribution in [2.24, 2.45) is 0 Å². The van der Waals surface area contributed by atoms with E-state index in [2.05, 4.69) is 0 Å². The Morgan fingerprint density at radius 1 is 1.25 bits per heavy atom. The standard InChI is InChI=1S/C12H11ClFNO/c13-12-9(3-1-5-11(12)14)7-15-6-2-4-10(15)8-16/h1-6,16H,7-8H2. The zero-order valence-corrected chi connectivity index (χ0v) is 9.28. The predicted octanol–water partition coefficient (Wildman–Crippen LogP) is 2.82. The molecule has 84 valence electrons. The minimum Gasteiger partial charge on any atom is -0.390 e. The van der Waals surface area contributed by atoms with E-state index in [1.165, 1.54) is 6.07 Å². The number of nitrogens with zero attached hydrogens (tertiary/aromatic N) is 1. The van der Waals surface area contributed by atoms with E-state index in [1.54, 1.807) is 12.1 Å². The molecule has 1 heterocycles. The van der Waals surface area contributed by atoms with E-state index in [0.29, 0.717) is 12.1 Å². The maximum atomic E-state index is 13.2. The summed E-state index contributed by atoms with van der Waals surface area (Å²) in [5.41, 5.74) is 1.48. The number of hydrogen-bond acceptors (Lipinski definition) is 1. The molecule has 0 radical (unpaired) electrons. The van der Waals surface area contributed by atoms with Crippen molar-refractivity contribution in [2.75, 3.05) is 0 Å². The first-order chi connectivity index (χ1) is 7.72. The first-order valence-corrected chi connectivity index (χ1v) is 5.28. The van der Waals surface area contributed by atoms with Crippen molar-refractivity contribution in [3.05, 3.63) is 58.6 Å². The van der Waals surface area contributed by atoms with E-state index in [0.717, 1.165) is 5.69 Å². The van der Waals surface area contributed by atoms with Crippen molar-refractivity contribution >= 4 is 11.6 Å². The van der Waals surface area contributed by atoms with Crippen LogP contribution in [0.2, 0.25) is 5.02 Å². The maximum Gasteiger partial charge on any atom is 0.142 e. The summed E-state index contributed by atoms with van der Waals surface area (Å²) >= 11 is 5.85.